The van der Waals surface area contributed by atoms with E-state index in [0.29, 0.717) is 21.5 Å². The summed E-state index contributed by atoms with van der Waals surface area (Å²) in [5.41, 5.74) is 5.95. The highest BCUT2D eigenvalue weighted by molar-refractivity contribution is 7.27. The summed E-state index contributed by atoms with van der Waals surface area (Å²) >= 11 is 5.05. The number of carbonyl (C=O) groups is 4. The number of ketones is 4. The lowest BCUT2D eigenvalue weighted by Crippen LogP contribution is -2.34. The van der Waals surface area contributed by atoms with Gasteiger partial charge in [0.2, 0.25) is 0 Å². The van der Waals surface area contributed by atoms with Gasteiger partial charge < -0.3 is 0 Å². The molecule has 13 rings (SSSR count). The number of carbonyl (C=O) groups excluding carboxylic acids is 4. The molecule has 2 fully saturated rings. The van der Waals surface area contributed by atoms with E-state index in [4.69, 9.17) is 0 Å². The van der Waals surface area contributed by atoms with Gasteiger partial charge in [-0.25, -0.2) is 17.6 Å². The molecule has 4 aromatic carbocycles. The van der Waals surface area contributed by atoms with Crippen LogP contribution in [0, 0.1) is 23.3 Å². The van der Waals surface area contributed by atoms with E-state index in [1.165, 1.54) is 66.0 Å². The zero-order valence-electron chi connectivity index (χ0n) is 33.4. The van der Waals surface area contributed by atoms with E-state index in [9.17, 15) is 36.7 Å². The van der Waals surface area contributed by atoms with Gasteiger partial charge >= 0.3 is 0 Å². The predicted octanol–water partition coefficient (Wildman–Crippen LogP) is 14.1. The Morgan fingerprint density at radius 2 is 0.714 bits per heavy atom. The molecule has 3 aromatic heterocycles. The normalized spacial score (nSPS) is 18.8. The number of rotatable bonds is 2. The number of thiophene rings is 3. The fraction of sp³-hybridized carbons (Fsp3) is 0.231. The summed E-state index contributed by atoms with van der Waals surface area (Å²) < 4.78 is 56.5. The maximum absolute atomic E-state index is 14.1. The molecule has 3 heterocycles. The molecule has 0 N–H and O–H groups in total. The van der Waals surface area contributed by atoms with Gasteiger partial charge in [-0.2, -0.15) is 0 Å². The predicted molar refractivity (Wildman–Crippen MR) is 240 cm³/mol. The van der Waals surface area contributed by atoms with Crippen molar-refractivity contribution in [2.75, 3.05) is 0 Å². The van der Waals surface area contributed by atoms with Crippen LogP contribution in [0.4, 0.5) is 17.6 Å². The lowest BCUT2D eigenvalue weighted by atomic mass is 9.61. The first-order valence-corrected chi connectivity index (χ1v) is 23.8. The molecule has 4 nitrogen and oxygen atoms in total. The number of halogens is 4. The van der Waals surface area contributed by atoms with Gasteiger partial charge in [0.15, 0.2) is 46.4 Å². The Morgan fingerprint density at radius 3 is 1.03 bits per heavy atom. The highest BCUT2D eigenvalue weighted by Crippen LogP contribution is 2.70. The Kier molecular flexibility index (Phi) is 7.81. The summed E-state index contributed by atoms with van der Waals surface area (Å²) in [6.07, 6.45) is 14.1. The molecule has 0 aliphatic heterocycles. The van der Waals surface area contributed by atoms with Gasteiger partial charge in [-0.05, 0) is 142 Å². The monoisotopic (exact) mass is 892 g/mol. The molecule has 6 aliphatic rings. The minimum Gasteiger partial charge on any atom is -0.288 e. The fourth-order valence-electron chi connectivity index (χ4n) is 12.0. The fourth-order valence-corrected chi connectivity index (χ4v) is 16.2. The highest BCUT2D eigenvalue weighted by atomic mass is 32.1. The molecule has 6 aliphatic carbocycles. The molecule has 63 heavy (non-hydrogen) atoms. The van der Waals surface area contributed by atoms with Crippen molar-refractivity contribution < 1.29 is 36.7 Å². The SMILES string of the molecule is O=C1C(=Cc2cc3c(s2)-c2sc4c(c2C32CCCCC2)C2(CCCCC2)c2cc(C=C3C(=O)c5cc6cc(F)c(F)cc6cc5C3=O)sc2-4)C(=O)c2cc3cc(F)c(F)cc3cc21. The molecule has 0 saturated heterocycles. The van der Waals surface area contributed by atoms with E-state index in [-0.39, 0.29) is 44.2 Å². The average molecular weight is 893 g/mol. The van der Waals surface area contributed by atoms with Crippen molar-refractivity contribution in [3.8, 4) is 19.5 Å². The minimum atomic E-state index is -1.01. The topological polar surface area (TPSA) is 68.3 Å². The van der Waals surface area contributed by atoms with Gasteiger partial charge in [0.05, 0.1) is 11.1 Å². The van der Waals surface area contributed by atoms with Gasteiger partial charge in [0.25, 0.3) is 0 Å². The second-order valence-electron chi connectivity index (χ2n) is 18.0. The lowest BCUT2D eigenvalue weighted by Gasteiger charge is -2.41. The highest BCUT2D eigenvalue weighted by Gasteiger charge is 2.56. The maximum Gasteiger partial charge on any atom is 0.197 e. The van der Waals surface area contributed by atoms with Crippen molar-refractivity contribution in [3.05, 3.63) is 149 Å². The molecule has 0 unspecified atom stereocenters. The Bertz CT molecular complexity index is 3090. The molecule has 310 valence electrons. The quantitative estimate of drug-likeness (QED) is 0.0985. The van der Waals surface area contributed by atoms with Crippen LogP contribution in [0.3, 0.4) is 0 Å². The summed E-state index contributed by atoms with van der Waals surface area (Å²) in [6, 6.07) is 14.5. The smallest absolute Gasteiger partial charge is 0.197 e. The third-order valence-corrected chi connectivity index (χ3v) is 18.5. The standard InChI is InChI=1S/C52H32F4O4S3/c53-37-15-23-11-29-30(12-24(23)16-38(37)54)44(58)33(43(29)57)19-27-21-35-47(61-27)49-41(51(35)7-3-1-4-8-51)42-50(63-49)48-36(52(42)9-5-2-6-10-52)22-28(62-48)20-34-45(59)31-13-25-17-39(55)40(56)18-26(25)14-32(31)46(34)60/h11-22H,1-10H2. The van der Waals surface area contributed by atoms with Gasteiger partial charge in [0, 0.05) is 62.3 Å². The van der Waals surface area contributed by atoms with Crippen LogP contribution in [0.5, 0.6) is 0 Å². The van der Waals surface area contributed by atoms with Crippen LogP contribution < -0.4 is 0 Å². The summed E-state index contributed by atoms with van der Waals surface area (Å²) in [5, 5.41) is 1.42. The van der Waals surface area contributed by atoms with Crippen LogP contribution in [0.25, 0.3) is 53.2 Å². The number of hydrogen-bond acceptors (Lipinski definition) is 7. The van der Waals surface area contributed by atoms with E-state index in [1.807, 2.05) is 11.3 Å². The maximum atomic E-state index is 14.1. The van der Waals surface area contributed by atoms with E-state index >= 15 is 0 Å². The second kappa shape index (κ2) is 13.0. The number of allylic oxidation sites excluding steroid dienone is 2. The first kappa shape index (κ1) is 37.9. The zero-order valence-corrected chi connectivity index (χ0v) is 35.8. The summed E-state index contributed by atoms with van der Waals surface area (Å²) in [5.74, 6) is -5.73. The number of hydrogen-bond donors (Lipinski definition) is 0. The van der Waals surface area contributed by atoms with Crippen LogP contribution in [0.1, 0.15) is 138 Å². The average Bonchev–Trinajstić information content (AvgIpc) is 4.13. The Labute approximate surface area is 369 Å². The third-order valence-electron chi connectivity index (χ3n) is 14.8. The molecule has 0 amide bonds. The van der Waals surface area contributed by atoms with Gasteiger partial charge in [-0.3, -0.25) is 19.2 Å². The third kappa shape index (κ3) is 5.01. The van der Waals surface area contributed by atoms with Crippen molar-refractivity contribution >= 4 is 90.8 Å². The van der Waals surface area contributed by atoms with Crippen LogP contribution in [-0.2, 0) is 10.8 Å². The van der Waals surface area contributed by atoms with E-state index in [1.54, 1.807) is 34.8 Å². The van der Waals surface area contributed by atoms with Gasteiger partial charge in [-0.1, -0.05) is 38.5 Å². The molecule has 2 saturated carbocycles. The molecular weight excluding hydrogens is 861 g/mol. The zero-order chi connectivity index (χ0) is 42.8. The van der Waals surface area contributed by atoms with Crippen LogP contribution >= 0.6 is 34.0 Å². The van der Waals surface area contributed by atoms with Gasteiger partial charge in [-0.15, -0.1) is 34.0 Å². The van der Waals surface area contributed by atoms with Crippen LogP contribution in [-0.4, -0.2) is 23.1 Å². The Balaban J connectivity index is 0.919. The molecular formula is C52H32F4O4S3. The summed E-state index contributed by atoms with van der Waals surface area (Å²) in [6.45, 7) is 0. The second-order valence-corrected chi connectivity index (χ2v) is 21.2. The first-order valence-electron chi connectivity index (χ1n) is 21.4. The molecule has 0 bridgehead atoms. The van der Waals surface area contributed by atoms with Crippen molar-refractivity contribution in [3.63, 3.8) is 0 Å². The van der Waals surface area contributed by atoms with E-state index in [2.05, 4.69) is 12.1 Å². The Morgan fingerprint density at radius 1 is 0.397 bits per heavy atom. The summed E-state index contributed by atoms with van der Waals surface area (Å²) in [7, 11) is 0. The molecule has 11 heteroatoms. The van der Waals surface area contributed by atoms with Crippen molar-refractivity contribution in [2.24, 2.45) is 0 Å². The Hall–Kier alpha value is -5.62. The molecule has 2 spiro atoms. The minimum absolute atomic E-state index is 0.0530. The molecule has 0 atom stereocenters. The number of fused-ring (bicyclic) bond motifs is 15. The summed E-state index contributed by atoms with van der Waals surface area (Å²) in [4.78, 5) is 61.8. The first-order chi connectivity index (χ1) is 30.4. The van der Waals surface area contributed by atoms with Crippen molar-refractivity contribution in [1.82, 2.24) is 0 Å². The van der Waals surface area contributed by atoms with E-state index in [0.717, 1.165) is 98.2 Å². The molecule has 0 radical (unpaired) electrons. The lowest BCUT2D eigenvalue weighted by molar-refractivity contribution is 0.0975. The molecule has 7 aromatic rings. The van der Waals surface area contributed by atoms with E-state index < -0.39 is 46.4 Å². The van der Waals surface area contributed by atoms with Crippen molar-refractivity contribution in [2.45, 2.75) is 75.0 Å². The van der Waals surface area contributed by atoms with Crippen LogP contribution in [0.15, 0.2) is 71.8 Å². The van der Waals surface area contributed by atoms with Crippen LogP contribution in [0.2, 0.25) is 0 Å². The largest absolute Gasteiger partial charge is 0.288 e. The number of Topliss-reactive ketones (excluding diaryl/α,β-unsaturated/α-hetero) is 4. The van der Waals surface area contributed by atoms with Gasteiger partial charge in [0.1, 0.15) is 0 Å². The number of benzene rings is 4. The van der Waals surface area contributed by atoms with Crippen molar-refractivity contribution in [1.29, 1.82) is 0 Å².